The summed E-state index contributed by atoms with van der Waals surface area (Å²) in [4.78, 5) is 129. The number of fused-ring (bicyclic) bond motifs is 2. The summed E-state index contributed by atoms with van der Waals surface area (Å²) in [5.74, 6) is 1.89. The minimum absolute atomic E-state index is 0.0351. The van der Waals surface area contributed by atoms with Crippen LogP contribution in [-0.4, -0.2) is 135 Å². The van der Waals surface area contributed by atoms with Crippen LogP contribution in [-0.2, 0) is 43.7 Å². The number of thiophene rings is 1. The Hall–Kier alpha value is -6.73. The Labute approximate surface area is 465 Å². The fraction of sp³-hybridized carbons (Fsp3) is 0.474. The summed E-state index contributed by atoms with van der Waals surface area (Å²) >= 11 is 0.943. The van der Waals surface area contributed by atoms with Crippen molar-refractivity contribution in [3.63, 3.8) is 0 Å². The molecule has 0 radical (unpaired) electrons. The smallest absolute Gasteiger partial charge is 0.370 e. The molecule has 8 amide bonds. The Kier molecular flexibility index (Phi) is 18.8. The molecule has 3 fully saturated rings. The van der Waals surface area contributed by atoms with Crippen molar-refractivity contribution in [2.45, 2.75) is 127 Å². The zero-order valence-corrected chi connectivity index (χ0v) is 46.4. The van der Waals surface area contributed by atoms with Gasteiger partial charge in [-0.15, -0.1) is 11.3 Å². The average molecular weight is 1140 g/mol. The van der Waals surface area contributed by atoms with Crippen LogP contribution in [0.1, 0.15) is 145 Å². The van der Waals surface area contributed by atoms with Crippen LogP contribution < -0.4 is 16.0 Å². The topological polar surface area (TPSA) is 258 Å². The van der Waals surface area contributed by atoms with Gasteiger partial charge in [0.25, 0.3) is 17.7 Å². The number of ether oxygens (including phenoxy) is 2. The third-order valence-corrected chi connectivity index (χ3v) is 16.8. The van der Waals surface area contributed by atoms with Gasteiger partial charge in [0, 0.05) is 54.7 Å². The summed E-state index contributed by atoms with van der Waals surface area (Å²) in [5, 5.41) is 8.04. The number of carbonyl (C=O) groups is 8. The number of carbonyl (C=O) groups excluding carboxylic acids is 8. The molecule has 426 valence electrons. The number of hydrogen-bond donors (Lipinski definition) is 5. The summed E-state index contributed by atoms with van der Waals surface area (Å²) in [6.07, 6.45) is 5.95. The Bertz CT molecular complexity index is 3150. The quantitative estimate of drug-likeness (QED) is 0.0273. The fourth-order valence-electron chi connectivity index (χ4n) is 10.3. The maximum Gasteiger partial charge on any atom is 0.399 e. The van der Waals surface area contributed by atoms with Crippen LogP contribution in [0.5, 0.6) is 0 Å². The second kappa shape index (κ2) is 25.4. The van der Waals surface area contributed by atoms with Gasteiger partial charge in [0.1, 0.15) is 30.8 Å². The molecule has 80 heavy (non-hydrogen) atoms. The summed E-state index contributed by atoms with van der Waals surface area (Å²) in [6.45, 7) is 6.01. The molecular formula is C57H65F2N6O13PS. The molecule has 3 saturated heterocycles. The van der Waals surface area contributed by atoms with E-state index >= 15 is 0 Å². The highest BCUT2D eigenvalue weighted by Crippen LogP contribution is 2.59. The molecule has 5 heterocycles. The minimum Gasteiger partial charge on any atom is -0.370 e. The van der Waals surface area contributed by atoms with Crippen LogP contribution in [0.3, 0.4) is 0 Å². The molecule has 0 bridgehead atoms. The molecule has 8 rings (SSSR count). The SMILES string of the molecule is CC(C)(C)[C@H](NC(=O)c1cc2cc(C(F)(F)P(=O)(O)O)ccc2s1)C(=O)N1C[C@@H](OCC(=O)NCCCCCCCCCC#Cc2cccc3c2C(=O)N(C2CCC(=O)NC2=O)C3=O)C[C@H]1C(=O)N1CCOC(c2ccccc2)C1. The first-order valence-electron chi connectivity index (χ1n) is 26.8. The number of morpholine rings is 1. The van der Waals surface area contributed by atoms with Gasteiger partial charge in [-0.1, -0.05) is 107 Å². The van der Waals surface area contributed by atoms with Crippen molar-refractivity contribution in [1.29, 1.82) is 0 Å². The van der Waals surface area contributed by atoms with E-state index in [4.69, 9.17) is 9.47 Å². The monoisotopic (exact) mass is 1140 g/mol. The number of halogens is 2. The Balaban J connectivity index is 0.805. The van der Waals surface area contributed by atoms with Crippen LogP contribution in [0.25, 0.3) is 10.1 Å². The van der Waals surface area contributed by atoms with Gasteiger partial charge in [0.05, 0.1) is 35.3 Å². The zero-order chi connectivity index (χ0) is 57.5. The molecule has 0 spiro atoms. The van der Waals surface area contributed by atoms with E-state index in [1.807, 2.05) is 30.3 Å². The molecule has 4 aliphatic heterocycles. The van der Waals surface area contributed by atoms with E-state index in [1.165, 1.54) is 23.1 Å². The average Bonchev–Trinajstić information content (AvgIpc) is 4.21. The third kappa shape index (κ3) is 13.7. The van der Waals surface area contributed by atoms with Crippen molar-refractivity contribution in [3.8, 4) is 11.8 Å². The van der Waals surface area contributed by atoms with Crippen molar-refractivity contribution in [3.05, 3.63) is 105 Å². The molecule has 5 N–H and O–H groups in total. The molecule has 0 aliphatic carbocycles. The second-order valence-corrected chi connectivity index (χ2v) is 24.2. The van der Waals surface area contributed by atoms with Crippen molar-refractivity contribution in [2.75, 3.05) is 39.4 Å². The predicted octanol–water partition coefficient (Wildman–Crippen LogP) is 6.55. The summed E-state index contributed by atoms with van der Waals surface area (Å²) in [6, 6.07) is 15.4. The molecule has 0 saturated carbocycles. The standard InChI is InChI=1S/C57H65F2N6O13PS/c1-56(2,3)49(62-51(69)45-30-37-29-38(22-24-44(37)80-45)57(58,59)79(74,75)76)55(73)64-32-39(31-42(64)53(71)63-27-28-77-43(33-63)35-17-13-11-14-18-35)78-34-47(67)60-26-15-10-8-6-4-5-7-9-12-19-36-20-16-21-40-48(36)54(72)65(52(40)70)41-23-25-46(66)61-50(41)68/h11,13-14,16-18,20-22,24,29-30,39,41-43,49H,4-10,15,23,25-28,31-34H2,1-3H3,(H,60,67)(H,62,69)(H,61,66,68)(H2,74,75,76)/t39-,41?,42-,43?,49+/m0/s1. The maximum absolute atomic E-state index is 14.8. The largest absolute Gasteiger partial charge is 0.399 e. The molecule has 4 aromatic rings. The number of piperidine rings is 1. The van der Waals surface area contributed by atoms with Gasteiger partial charge in [0.2, 0.25) is 29.5 Å². The number of nitrogens with zero attached hydrogens (tertiary/aromatic N) is 3. The van der Waals surface area contributed by atoms with E-state index in [1.54, 1.807) is 37.8 Å². The maximum atomic E-state index is 14.8. The predicted molar refractivity (Wildman–Crippen MR) is 290 cm³/mol. The number of nitrogens with one attached hydrogen (secondary N) is 3. The molecule has 1 aromatic heterocycles. The Morgan fingerprint density at radius 3 is 2.35 bits per heavy atom. The van der Waals surface area contributed by atoms with Gasteiger partial charge < -0.3 is 39.7 Å². The van der Waals surface area contributed by atoms with Gasteiger partial charge in [0.15, 0.2) is 0 Å². The molecule has 5 atom stereocenters. The number of benzene rings is 3. The van der Waals surface area contributed by atoms with Crippen molar-refractivity contribution < 1.29 is 71.0 Å². The van der Waals surface area contributed by atoms with E-state index in [9.17, 15) is 61.5 Å². The summed E-state index contributed by atoms with van der Waals surface area (Å²) < 4.78 is 53.3. The van der Waals surface area contributed by atoms with Gasteiger partial charge in [-0.2, -0.15) is 8.78 Å². The Morgan fingerprint density at radius 2 is 1.64 bits per heavy atom. The van der Waals surface area contributed by atoms with Crippen LogP contribution in [0, 0.1) is 17.3 Å². The van der Waals surface area contributed by atoms with Crippen LogP contribution in [0.4, 0.5) is 8.78 Å². The number of hydrogen-bond acceptors (Lipinski definition) is 12. The van der Waals surface area contributed by atoms with E-state index in [0.29, 0.717) is 23.2 Å². The van der Waals surface area contributed by atoms with E-state index < -0.39 is 90.0 Å². The van der Waals surface area contributed by atoms with E-state index in [-0.39, 0.29) is 85.3 Å². The number of unbranched alkanes of at least 4 members (excludes halogenated alkanes) is 7. The number of amides is 8. The number of imide groups is 2. The normalized spacial score (nSPS) is 20.1. The molecular weight excluding hydrogens is 1080 g/mol. The first-order chi connectivity index (χ1) is 38.0. The molecule has 3 aromatic carbocycles. The van der Waals surface area contributed by atoms with E-state index in [0.717, 1.165) is 78.9 Å². The fourth-order valence-corrected chi connectivity index (χ4v) is 11.7. The van der Waals surface area contributed by atoms with Crippen LogP contribution >= 0.6 is 18.9 Å². The highest BCUT2D eigenvalue weighted by atomic mass is 32.1. The third-order valence-electron chi connectivity index (χ3n) is 14.7. The summed E-state index contributed by atoms with van der Waals surface area (Å²) in [7, 11) is -5.85. The second-order valence-electron chi connectivity index (χ2n) is 21.5. The van der Waals surface area contributed by atoms with Crippen molar-refractivity contribution in [2.24, 2.45) is 5.41 Å². The molecule has 2 unspecified atom stereocenters. The zero-order valence-electron chi connectivity index (χ0n) is 44.7. The van der Waals surface area contributed by atoms with Crippen molar-refractivity contribution >= 4 is 76.3 Å². The molecule has 4 aliphatic rings. The van der Waals surface area contributed by atoms with Gasteiger partial charge in [-0.25, -0.2) is 0 Å². The lowest BCUT2D eigenvalue weighted by Crippen LogP contribution is -2.58. The number of rotatable bonds is 20. The Morgan fingerprint density at radius 1 is 0.912 bits per heavy atom. The lowest BCUT2D eigenvalue weighted by molar-refractivity contribution is -0.150. The molecule has 19 nitrogen and oxygen atoms in total. The van der Waals surface area contributed by atoms with Crippen molar-refractivity contribution in [1.82, 2.24) is 30.7 Å². The lowest BCUT2D eigenvalue weighted by atomic mass is 9.85. The van der Waals surface area contributed by atoms with Crippen LogP contribution in [0.2, 0.25) is 0 Å². The number of likely N-dealkylation sites (tertiary alicyclic amines) is 1. The lowest BCUT2D eigenvalue weighted by Gasteiger charge is -2.38. The molecule has 23 heteroatoms. The van der Waals surface area contributed by atoms with Gasteiger partial charge in [-0.05, 0) is 66.0 Å². The summed E-state index contributed by atoms with van der Waals surface area (Å²) in [5.41, 5.74) is -4.63. The number of alkyl halides is 2. The van der Waals surface area contributed by atoms with Gasteiger partial charge >= 0.3 is 13.3 Å². The van der Waals surface area contributed by atoms with Crippen LogP contribution in [0.15, 0.2) is 72.8 Å². The highest BCUT2D eigenvalue weighted by molar-refractivity contribution is 7.52. The first kappa shape index (κ1) is 59.4. The minimum atomic E-state index is -5.85. The van der Waals surface area contributed by atoms with Gasteiger partial charge in [-0.3, -0.25) is 53.1 Å². The first-order valence-corrected chi connectivity index (χ1v) is 29.2. The van der Waals surface area contributed by atoms with E-state index in [2.05, 4.69) is 27.8 Å². The highest BCUT2D eigenvalue weighted by Gasteiger charge is 2.51.